The average molecular weight is 331 g/mol. The van der Waals surface area contributed by atoms with Gasteiger partial charge in [-0.15, -0.1) is 0 Å². The molecule has 0 fully saturated rings. The van der Waals surface area contributed by atoms with Crippen LogP contribution in [-0.4, -0.2) is 11.0 Å². The monoisotopic (exact) mass is 330 g/mol. The molecule has 0 atom stereocenters. The van der Waals surface area contributed by atoms with Gasteiger partial charge in [0, 0.05) is 16.8 Å². The molecule has 0 aliphatic carbocycles. The lowest BCUT2D eigenvalue weighted by atomic mass is 10.2. The zero-order valence-corrected chi connectivity index (χ0v) is 13.5. The minimum Gasteiger partial charge on any atom is -0.332 e. The van der Waals surface area contributed by atoms with E-state index in [1.54, 1.807) is 12.1 Å². The zero-order valence-electron chi connectivity index (χ0n) is 12.0. The highest BCUT2D eigenvalue weighted by Crippen LogP contribution is 2.16. The fraction of sp³-hybridized carbons (Fsp3) is 0.0588. The van der Waals surface area contributed by atoms with Crippen LogP contribution in [0.3, 0.4) is 0 Å². The molecule has 0 aliphatic rings. The molecule has 0 aliphatic heterocycles. The molecule has 0 heterocycles. The second-order valence-corrected chi connectivity index (χ2v) is 5.48. The number of halogens is 1. The zero-order chi connectivity index (χ0) is 15.9. The Hall–Kier alpha value is -2.17. The first-order valence-electron chi connectivity index (χ1n) is 6.66. The SMILES string of the molecule is Cc1cccc(NC(=S)NC(=O)/C=C/c2ccccc2Cl)c1. The number of nitrogens with one attached hydrogen (secondary N) is 2. The molecular formula is C17H15ClN2OS. The molecule has 2 aromatic carbocycles. The number of anilines is 1. The molecule has 0 saturated carbocycles. The van der Waals surface area contributed by atoms with E-state index in [0.717, 1.165) is 16.8 Å². The molecule has 0 radical (unpaired) electrons. The highest BCUT2D eigenvalue weighted by Gasteiger charge is 2.02. The summed E-state index contributed by atoms with van der Waals surface area (Å²) in [6.45, 7) is 1.99. The molecule has 0 aromatic heterocycles. The maximum atomic E-state index is 11.8. The van der Waals surface area contributed by atoms with Crippen LogP contribution in [0.4, 0.5) is 5.69 Å². The van der Waals surface area contributed by atoms with Crippen molar-refractivity contribution < 1.29 is 4.79 Å². The van der Waals surface area contributed by atoms with Crippen molar-refractivity contribution in [3.05, 3.63) is 70.8 Å². The Bertz CT molecular complexity index is 728. The van der Waals surface area contributed by atoms with E-state index in [-0.39, 0.29) is 11.0 Å². The van der Waals surface area contributed by atoms with Crippen molar-refractivity contribution in [2.45, 2.75) is 6.92 Å². The first-order valence-corrected chi connectivity index (χ1v) is 7.44. The van der Waals surface area contributed by atoms with Gasteiger partial charge in [0.1, 0.15) is 0 Å². The topological polar surface area (TPSA) is 41.1 Å². The standard InChI is InChI=1S/C17H15ClN2OS/c1-12-5-4-7-14(11-12)19-17(22)20-16(21)10-9-13-6-2-3-8-15(13)18/h2-11H,1H3,(H2,19,20,21,22)/b10-9+. The minimum absolute atomic E-state index is 0.249. The van der Waals surface area contributed by atoms with Gasteiger partial charge in [0.25, 0.3) is 0 Å². The van der Waals surface area contributed by atoms with Gasteiger partial charge in [0.15, 0.2) is 5.11 Å². The second kappa shape index (κ2) is 7.73. The van der Waals surface area contributed by atoms with Gasteiger partial charge in [-0.1, -0.05) is 41.9 Å². The third kappa shape index (κ3) is 4.98. The predicted octanol–water partition coefficient (Wildman–Crippen LogP) is 4.17. The summed E-state index contributed by atoms with van der Waals surface area (Å²) in [7, 11) is 0. The molecule has 112 valence electrons. The summed E-state index contributed by atoms with van der Waals surface area (Å²) >= 11 is 11.1. The number of carbonyl (C=O) groups excluding carboxylic acids is 1. The van der Waals surface area contributed by atoms with Crippen molar-refractivity contribution in [2.75, 3.05) is 5.32 Å². The van der Waals surface area contributed by atoms with E-state index >= 15 is 0 Å². The molecule has 0 unspecified atom stereocenters. The van der Waals surface area contributed by atoms with Gasteiger partial charge in [0.05, 0.1) is 0 Å². The lowest BCUT2D eigenvalue weighted by Crippen LogP contribution is -2.32. The van der Waals surface area contributed by atoms with Gasteiger partial charge in [-0.05, 0) is 54.5 Å². The van der Waals surface area contributed by atoms with Crippen LogP contribution < -0.4 is 10.6 Å². The molecule has 0 spiro atoms. The van der Waals surface area contributed by atoms with Gasteiger partial charge in [0.2, 0.25) is 5.91 Å². The number of amides is 1. The first kappa shape index (κ1) is 16.2. The molecule has 0 saturated heterocycles. The van der Waals surface area contributed by atoms with Crippen LogP contribution in [0.15, 0.2) is 54.6 Å². The van der Waals surface area contributed by atoms with Crippen molar-refractivity contribution in [3.8, 4) is 0 Å². The molecule has 2 N–H and O–H groups in total. The summed E-state index contributed by atoms with van der Waals surface area (Å²) < 4.78 is 0. The second-order valence-electron chi connectivity index (χ2n) is 4.67. The molecule has 2 rings (SSSR count). The van der Waals surface area contributed by atoms with Gasteiger partial charge in [-0.3, -0.25) is 10.1 Å². The summed E-state index contributed by atoms with van der Waals surface area (Å²) in [6.07, 6.45) is 3.04. The van der Waals surface area contributed by atoms with Gasteiger partial charge in [-0.25, -0.2) is 0 Å². The number of thiocarbonyl (C=S) groups is 1. The minimum atomic E-state index is -0.315. The maximum absolute atomic E-state index is 11.8. The predicted molar refractivity (Wildman–Crippen MR) is 96.0 cm³/mol. The molecule has 1 amide bonds. The number of aryl methyl sites for hydroxylation is 1. The quantitative estimate of drug-likeness (QED) is 0.655. The summed E-state index contributed by atoms with van der Waals surface area (Å²) in [5, 5.41) is 6.39. The van der Waals surface area contributed by atoms with Crippen molar-refractivity contribution >= 4 is 46.6 Å². The lowest BCUT2D eigenvalue weighted by molar-refractivity contribution is -0.115. The van der Waals surface area contributed by atoms with Crippen molar-refractivity contribution in [1.82, 2.24) is 5.32 Å². The maximum Gasteiger partial charge on any atom is 0.250 e. The Morgan fingerprint density at radius 1 is 1.18 bits per heavy atom. The number of hydrogen-bond acceptors (Lipinski definition) is 2. The Morgan fingerprint density at radius 2 is 1.95 bits per heavy atom. The Kier molecular flexibility index (Phi) is 5.69. The largest absolute Gasteiger partial charge is 0.332 e. The molecular weight excluding hydrogens is 316 g/mol. The fourth-order valence-corrected chi connectivity index (χ4v) is 2.23. The number of rotatable bonds is 3. The van der Waals surface area contributed by atoms with Crippen LogP contribution >= 0.6 is 23.8 Å². The molecule has 0 bridgehead atoms. The normalized spacial score (nSPS) is 10.5. The molecule has 22 heavy (non-hydrogen) atoms. The van der Waals surface area contributed by atoms with E-state index in [9.17, 15) is 4.79 Å². The van der Waals surface area contributed by atoms with E-state index in [1.165, 1.54) is 6.08 Å². The molecule has 5 heteroatoms. The van der Waals surface area contributed by atoms with Crippen LogP contribution in [0.1, 0.15) is 11.1 Å². The van der Waals surface area contributed by atoms with E-state index in [1.807, 2.05) is 49.4 Å². The molecule has 2 aromatic rings. The fourth-order valence-electron chi connectivity index (χ4n) is 1.81. The lowest BCUT2D eigenvalue weighted by Gasteiger charge is -2.08. The van der Waals surface area contributed by atoms with Gasteiger partial charge >= 0.3 is 0 Å². The van der Waals surface area contributed by atoms with Crippen molar-refractivity contribution in [1.29, 1.82) is 0 Å². The number of benzene rings is 2. The van der Waals surface area contributed by atoms with Crippen LogP contribution in [-0.2, 0) is 4.79 Å². The van der Waals surface area contributed by atoms with Crippen LogP contribution in [0.2, 0.25) is 5.02 Å². The van der Waals surface area contributed by atoms with Crippen LogP contribution in [0, 0.1) is 6.92 Å². The summed E-state index contributed by atoms with van der Waals surface area (Å²) in [6, 6.07) is 15.0. The van der Waals surface area contributed by atoms with Crippen molar-refractivity contribution in [3.63, 3.8) is 0 Å². The van der Waals surface area contributed by atoms with E-state index < -0.39 is 0 Å². The smallest absolute Gasteiger partial charge is 0.250 e. The summed E-state index contributed by atoms with van der Waals surface area (Å²) in [5.74, 6) is -0.315. The van der Waals surface area contributed by atoms with E-state index in [0.29, 0.717) is 5.02 Å². The van der Waals surface area contributed by atoms with E-state index in [2.05, 4.69) is 10.6 Å². The third-order valence-electron chi connectivity index (χ3n) is 2.83. The van der Waals surface area contributed by atoms with E-state index in [4.69, 9.17) is 23.8 Å². The Labute approximate surface area is 140 Å². The summed E-state index contributed by atoms with van der Waals surface area (Å²) in [4.78, 5) is 11.8. The number of carbonyl (C=O) groups is 1. The van der Waals surface area contributed by atoms with Crippen LogP contribution in [0.25, 0.3) is 6.08 Å². The first-order chi connectivity index (χ1) is 10.5. The Balaban J connectivity index is 1.92. The number of hydrogen-bond donors (Lipinski definition) is 2. The van der Waals surface area contributed by atoms with Gasteiger partial charge in [-0.2, -0.15) is 0 Å². The van der Waals surface area contributed by atoms with Gasteiger partial charge < -0.3 is 5.32 Å². The third-order valence-corrected chi connectivity index (χ3v) is 3.38. The van der Waals surface area contributed by atoms with Crippen molar-refractivity contribution in [2.24, 2.45) is 0 Å². The average Bonchev–Trinajstić information content (AvgIpc) is 2.46. The highest BCUT2D eigenvalue weighted by molar-refractivity contribution is 7.80. The summed E-state index contributed by atoms with van der Waals surface area (Å²) in [5.41, 5.74) is 2.72. The van der Waals surface area contributed by atoms with Crippen LogP contribution in [0.5, 0.6) is 0 Å². The Morgan fingerprint density at radius 3 is 2.68 bits per heavy atom. The highest BCUT2D eigenvalue weighted by atomic mass is 35.5. The molecule has 3 nitrogen and oxygen atoms in total.